The Hall–Kier alpha value is -1.96. The predicted octanol–water partition coefficient (Wildman–Crippen LogP) is 4.90. The van der Waals surface area contributed by atoms with Gasteiger partial charge in [-0.25, -0.2) is 0 Å². The molecule has 2 nitrogen and oxygen atoms in total. The summed E-state index contributed by atoms with van der Waals surface area (Å²) in [6.45, 7) is 10.8. The van der Waals surface area contributed by atoms with Crippen LogP contribution in [0.3, 0.4) is 0 Å². The fraction of sp³-hybridized carbons (Fsp3) is 0.400. The second kappa shape index (κ2) is 9.14. The summed E-state index contributed by atoms with van der Waals surface area (Å²) >= 11 is 0. The number of hydrogen-bond acceptors (Lipinski definition) is 2. The van der Waals surface area contributed by atoms with Gasteiger partial charge in [0.2, 0.25) is 0 Å². The van der Waals surface area contributed by atoms with Crippen LogP contribution in [-0.4, -0.2) is 27.2 Å². The van der Waals surface area contributed by atoms with Gasteiger partial charge in [0.15, 0.2) is 0 Å². The molecule has 0 saturated carbocycles. The van der Waals surface area contributed by atoms with Gasteiger partial charge >= 0.3 is 0 Å². The van der Waals surface area contributed by atoms with Crippen LogP contribution in [-0.2, 0) is 0 Å². The maximum absolute atomic E-state index is 2.35. The Balaban J connectivity index is 0.000000224. The van der Waals surface area contributed by atoms with Gasteiger partial charge in [-0.05, 0) is 57.5 Å². The van der Waals surface area contributed by atoms with Crippen molar-refractivity contribution < 1.29 is 0 Å². The normalized spacial score (nSPS) is 9.73. The van der Waals surface area contributed by atoms with Crippen LogP contribution in [0, 0.1) is 13.8 Å². The molecule has 0 radical (unpaired) electrons. The summed E-state index contributed by atoms with van der Waals surface area (Å²) in [6, 6.07) is 17.1. The van der Waals surface area contributed by atoms with Crippen molar-refractivity contribution in [1.29, 1.82) is 0 Å². The number of benzene rings is 2. The zero-order valence-corrected chi connectivity index (χ0v) is 14.9. The van der Waals surface area contributed by atoms with Crippen LogP contribution in [0.4, 0.5) is 11.4 Å². The third-order valence-corrected chi connectivity index (χ3v) is 3.68. The molecule has 0 unspecified atom stereocenters. The van der Waals surface area contributed by atoms with E-state index in [9.17, 15) is 0 Å². The fourth-order valence-electron chi connectivity index (χ4n) is 2.25. The molecule has 0 amide bonds. The molecule has 0 heterocycles. The Morgan fingerprint density at radius 2 is 1.32 bits per heavy atom. The topological polar surface area (TPSA) is 6.48 Å². The number of aryl methyl sites for hydroxylation is 2. The third kappa shape index (κ3) is 5.80. The molecule has 0 fully saturated rings. The first kappa shape index (κ1) is 18.1. The summed E-state index contributed by atoms with van der Waals surface area (Å²) in [5.74, 6) is 0. The van der Waals surface area contributed by atoms with Crippen molar-refractivity contribution in [1.82, 2.24) is 0 Å². The second-order valence-electron chi connectivity index (χ2n) is 5.74. The van der Waals surface area contributed by atoms with E-state index < -0.39 is 0 Å². The van der Waals surface area contributed by atoms with E-state index in [0.29, 0.717) is 0 Å². The van der Waals surface area contributed by atoms with Gasteiger partial charge in [-0.2, -0.15) is 0 Å². The van der Waals surface area contributed by atoms with Crippen LogP contribution >= 0.6 is 0 Å². The molecule has 2 heteroatoms. The Morgan fingerprint density at radius 3 is 1.73 bits per heavy atom. The van der Waals surface area contributed by atoms with E-state index in [4.69, 9.17) is 0 Å². The van der Waals surface area contributed by atoms with Crippen molar-refractivity contribution in [3.8, 4) is 0 Å². The van der Waals surface area contributed by atoms with Crippen LogP contribution in [0.2, 0.25) is 0 Å². The quantitative estimate of drug-likeness (QED) is 0.792. The number of nitrogens with zero attached hydrogens (tertiary/aromatic N) is 2. The van der Waals surface area contributed by atoms with E-state index in [1.807, 2.05) is 0 Å². The van der Waals surface area contributed by atoms with Crippen molar-refractivity contribution >= 4 is 11.4 Å². The smallest absolute Gasteiger partial charge is 0.0366 e. The molecule has 0 spiro atoms. The first-order chi connectivity index (χ1) is 10.5. The van der Waals surface area contributed by atoms with Gasteiger partial charge in [-0.15, -0.1) is 0 Å². The lowest BCUT2D eigenvalue weighted by molar-refractivity contribution is 0.866. The maximum Gasteiger partial charge on any atom is 0.0366 e. The number of hydrogen-bond donors (Lipinski definition) is 0. The minimum atomic E-state index is 1.08. The number of rotatable bonds is 4. The molecule has 0 atom stereocenters. The minimum absolute atomic E-state index is 1.08. The number of anilines is 2. The van der Waals surface area contributed by atoms with Crippen molar-refractivity contribution in [2.24, 2.45) is 0 Å². The van der Waals surface area contributed by atoms with Crippen molar-refractivity contribution in [3.63, 3.8) is 0 Å². The van der Waals surface area contributed by atoms with Crippen molar-refractivity contribution in [2.45, 2.75) is 27.7 Å². The summed E-state index contributed by atoms with van der Waals surface area (Å²) in [5.41, 5.74) is 5.22. The van der Waals surface area contributed by atoms with E-state index >= 15 is 0 Å². The Bertz CT molecular complexity index is 540. The summed E-state index contributed by atoms with van der Waals surface area (Å²) in [5, 5.41) is 0. The van der Waals surface area contributed by atoms with Crippen LogP contribution in [0.15, 0.2) is 48.5 Å². The maximum atomic E-state index is 2.35. The highest BCUT2D eigenvalue weighted by Crippen LogP contribution is 2.14. The molecule has 0 aliphatic carbocycles. The lowest BCUT2D eigenvalue weighted by Gasteiger charge is -2.20. The van der Waals surface area contributed by atoms with Crippen LogP contribution < -0.4 is 9.80 Å². The molecule has 0 saturated heterocycles. The summed E-state index contributed by atoms with van der Waals surface area (Å²) in [6.07, 6.45) is 0. The highest BCUT2D eigenvalue weighted by molar-refractivity contribution is 5.47. The van der Waals surface area contributed by atoms with E-state index in [1.54, 1.807) is 0 Å². The van der Waals surface area contributed by atoms with Gasteiger partial charge in [-0.3, -0.25) is 0 Å². The van der Waals surface area contributed by atoms with Crippen LogP contribution in [0.5, 0.6) is 0 Å². The first-order valence-electron chi connectivity index (χ1n) is 8.03. The average Bonchev–Trinajstić information content (AvgIpc) is 2.51. The molecule has 0 aliphatic rings. The Labute approximate surface area is 136 Å². The Morgan fingerprint density at radius 1 is 0.727 bits per heavy atom. The van der Waals surface area contributed by atoms with Gasteiger partial charge in [-0.1, -0.05) is 29.8 Å². The lowest BCUT2D eigenvalue weighted by Crippen LogP contribution is -2.21. The van der Waals surface area contributed by atoms with Gasteiger partial charge in [0, 0.05) is 38.6 Å². The van der Waals surface area contributed by atoms with E-state index in [2.05, 4.69) is 100 Å². The second-order valence-corrected chi connectivity index (χ2v) is 5.74. The van der Waals surface area contributed by atoms with Crippen LogP contribution in [0.25, 0.3) is 0 Å². The van der Waals surface area contributed by atoms with E-state index in [1.165, 1.54) is 22.5 Å². The molecule has 2 rings (SSSR count). The summed E-state index contributed by atoms with van der Waals surface area (Å²) < 4.78 is 0. The molecule has 2 aromatic carbocycles. The predicted molar refractivity (Wildman–Crippen MR) is 100 cm³/mol. The zero-order valence-electron chi connectivity index (χ0n) is 14.9. The van der Waals surface area contributed by atoms with Crippen molar-refractivity contribution in [3.05, 3.63) is 59.7 Å². The summed E-state index contributed by atoms with van der Waals surface area (Å²) in [7, 11) is 4.10. The standard InChI is InChI=1S/C11H17N.C9H13N/c1-4-12(5-2)11-8-6-10(3)7-9-11;1-8-5-4-6-9(7-8)10(2)3/h6-9H,4-5H2,1-3H3;4-7H,1-3H3. The van der Waals surface area contributed by atoms with Gasteiger partial charge in [0.05, 0.1) is 0 Å². The molecule has 120 valence electrons. The Kier molecular flexibility index (Phi) is 7.51. The minimum Gasteiger partial charge on any atom is -0.378 e. The molecule has 0 aromatic heterocycles. The van der Waals surface area contributed by atoms with Gasteiger partial charge in [0.1, 0.15) is 0 Å². The molecule has 0 aliphatic heterocycles. The van der Waals surface area contributed by atoms with Gasteiger partial charge in [0.25, 0.3) is 0 Å². The van der Waals surface area contributed by atoms with Crippen LogP contribution in [0.1, 0.15) is 25.0 Å². The highest BCUT2D eigenvalue weighted by atomic mass is 15.1. The molecular weight excluding hydrogens is 268 g/mol. The molecule has 22 heavy (non-hydrogen) atoms. The largest absolute Gasteiger partial charge is 0.378 e. The highest BCUT2D eigenvalue weighted by Gasteiger charge is 1.98. The average molecular weight is 298 g/mol. The third-order valence-electron chi connectivity index (χ3n) is 3.68. The SMILES string of the molecule is CCN(CC)c1ccc(C)cc1.Cc1cccc(N(C)C)c1. The molecule has 0 bridgehead atoms. The monoisotopic (exact) mass is 298 g/mol. The molecule has 2 aromatic rings. The molecule has 0 N–H and O–H groups in total. The fourth-order valence-corrected chi connectivity index (χ4v) is 2.25. The van der Waals surface area contributed by atoms with Crippen molar-refractivity contribution in [2.75, 3.05) is 37.0 Å². The lowest BCUT2D eigenvalue weighted by atomic mass is 10.2. The van der Waals surface area contributed by atoms with Gasteiger partial charge < -0.3 is 9.80 Å². The molecular formula is C20H30N2. The van der Waals surface area contributed by atoms with E-state index in [-0.39, 0.29) is 0 Å². The first-order valence-corrected chi connectivity index (χ1v) is 8.03. The van der Waals surface area contributed by atoms with E-state index in [0.717, 1.165) is 13.1 Å². The summed E-state index contributed by atoms with van der Waals surface area (Å²) in [4.78, 5) is 4.45. The zero-order chi connectivity index (χ0) is 16.5.